The Morgan fingerprint density at radius 2 is 1.82 bits per heavy atom. The minimum absolute atomic E-state index is 0.0259. The number of rotatable bonds is 6. The second-order valence-electron chi connectivity index (χ2n) is 8.60. The predicted octanol–water partition coefficient (Wildman–Crippen LogP) is 4.52. The number of fused-ring (bicyclic) bond motifs is 2. The molecule has 0 unspecified atom stereocenters. The minimum atomic E-state index is -0.209. The number of para-hydroxylation sites is 2. The molecule has 172 valence electrons. The topological polar surface area (TPSA) is 73.2 Å². The second-order valence-corrected chi connectivity index (χ2v) is 8.60. The Kier molecular flexibility index (Phi) is 6.12. The number of hydrogen-bond donors (Lipinski definition) is 1. The SMILES string of the molecule is COc1ccc(-n2c(=O)c(CCC(=O)N[C@@H]3CCCc4ccccc43)nc3ccccc32)cc1. The molecule has 6 nitrogen and oxygen atoms in total. The maximum atomic E-state index is 13.4. The maximum absolute atomic E-state index is 13.4. The largest absolute Gasteiger partial charge is 0.497 e. The van der Waals surface area contributed by atoms with Crippen LogP contribution >= 0.6 is 0 Å². The van der Waals surface area contributed by atoms with Crippen LogP contribution in [0.25, 0.3) is 16.7 Å². The molecule has 0 saturated heterocycles. The fourth-order valence-corrected chi connectivity index (χ4v) is 4.73. The van der Waals surface area contributed by atoms with Crippen molar-refractivity contribution >= 4 is 16.9 Å². The number of nitrogens with one attached hydrogen (secondary N) is 1. The van der Waals surface area contributed by atoms with Gasteiger partial charge in [0.1, 0.15) is 11.4 Å². The molecule has 4 aromatic rings. The first kappa shape index (κ1) is 21.9. The van der Waals surface area contributed by atoms with Crippen LogP contribution in [0, 0.1) is 0 Å². The van der Waals surface area contributed by atoms with Gasteiger partial charge in [-0.25, -0.2) is 4.98 Å². The molecule has 0 spiro atoms. The molecule has 0 aliphatic heterocycles. The minimum Gasteiger partial charge on any atom is -0.497 e. The lowest BCUT2D eigenvalue weighted by molar-refractivity contribution is -0.121. The van der Waals surface area contributed by atoms with E-state index in [1.165, 1.54) is 11.1 Å². The van der Waals surface area contributed by atoms with Crippen LogP contribution in [0.5, 0.6) is 5.75 Å². The van der Waals surface area contributed by atoms with E-state index in [2.05, 4.69) is 22.4 Å². The van der Waals surface area contributed by atoms with Crippen molar-refractivity contribution in [2.45, 2.75) is 38.1 Å². The number of carbonyl (C=O) groups excluding carboxylic acids is 1. The van der Waals surface area contributed by atoms with Gasteiger partial charge in [0.15, 0.2) is 0 Å². The Hall–Kier alpha value is -3.93. The summed E-state index contributed by atoms with van der Waals surface area (Å²) in [4.78, 5) is 30.9. The summed E-state index contributed by atoms with van der Waals surface area (Å²) in [5.74, 6) is 0.656. The molecule has 5 rings (SSSR count). The van der Waals surface area contributed by atoms with Gasteiger partial charge in [-0.2, -0.15) is 0 Å². The van der Waals surface area contributed by atoms with Crippen molar-refractivity contribution in [3.05, 3.63) is 100.0 Å². The van der Waals surface area contributed by atoms with Gasteiger partial charge in [-0.1, -0.05) is 36.4 Å². The summed E-state index contributed by atoms with van der Waals surface area (Å²) in [6.45, 7) is 0. The van der Waals surface area contributed by atoms with Gasteiger partial charge in [-0.15, -0.1) is 0 Å². The van der Waals surface area contributed by atoms with Gasteiger partial charge in [0.25, 0.3) is 5.56 Å². The lowest BCUT2D eigenvalue weighted by Gasteiger charge is -2.26. The number of hydrogen-bond acceptors (Lipinski definition) is 4. The molecule has 0 bridgehead atoms. The highest BCUT2D eigenvalue weighted by Gasteiger charge is 2.22. The molecule has 34 heavy (non-hydrogen) atoms. The van der Waals surface area contributed by atoms with Crippen LogP contribution in [-0.4, -0.2) is 22.6 Å². The molecular formula is C28H27N3O3. The standard InChI is InChI=1S/C28H27N3O3/c1-34-21-15-13-20(14-16-21)31-26-12-5-4-10-24(26)29-25(28(31)33)17-18-27(32)30-23-11-6-8-19-7-2-3-9-22(19)23/h2-5,7,9-10,12-16,23H,6,8,11,17-18H2,1H3,(H,30,32)/t23-/m1/s1. The molecule has 0 saturated carbocycles. The highest BCUT2D eigenvalue weighted by Crippen LogP contribution is 2.29. The van der Waals surface area contributed by atoms with E-state index in [1.54, 1.807) is 11.7 Å². The van der Waals surface area contributed by atoms with E-state index in [-0.39, 0.29) is 30.3 Å². The number of amides is 1. The predicted molar refractivity (Wildman–Crippen MR) is 132 cm³/mol. The summed E-state index contributed by atoms with van der Waals surface area (Å²) >= 11 is 0. The van der Waals surface area contributed by atoms with Gasteiger partial charge in [-0.05, 0) is 66.8 Å². The van der Waals surface area contributed by atoms with Crippen molar-refractivity contribution in [2.24, 2.45) is 0 Å². The van der Waals surface area contributed by atoms with Crippen LogP contribution in [0.4, 0.5) is 0 Å². The van der Waals surface area contributed by atoms with Crippen molar-refractivity contribution in [1.82, 2.24) is 14.9 Å². The summed E-state index contributed by atoms with van der Waals surface area (Å²) in [5.41, 5.74) is 4.85. The van der Waals surface area contributed by atoms with Crippen molar-refractivity contribution < 1.29 is 9.53 Å². The van der Waals surface area contributed by atoms with E-state index in [1.807, 2.05) is 60.7 Å². The monoisotopic (exact) mass is 453 g/mol. The average molecular weight is 454 g/mol. The smallest absolute Gasteiger partial charge is 0.277 e. The molecule has 0 fully saturated rings. The number of ether oxygens (including phenoxy) is 1. The maximum Gasteiger partial charge on any atom is 0.277 e. The summed E-state index contributed by atoms with van der Waals surface area (Å²) < 4.78 is 6.91. The molecule has 1 amide bonds. The first-order valence-electron chi connectivity index (χ1n) is 11.7. The first-order chi connectivity index (χ1) is 16.6. The van der Waals surface area contributed by atoms with Crippen LogP contribution < -0.4 is 15.6 Å². The highest BCUT2D eigenvalue weighted by molar-refractivity contribution is 5.78. The molecule has 6 heteroatoms. The van der Waals surface area contributed by atoms with Crippen LogP contribution in [0.2, 0.25) is 0 Å². The van der Waals surface area contributed by atoms with Gasteiger partial charge < -0.3 is 10.1 Å². The zero-order chi connectivity index (χ0) is 23.5. The van der Waals surface area contributed by atoms with Crippen LogP contribution in [0.15, 0.2) is 77.6 Å². The fraction of sp³-hybridized carbons (Fsp3) is 0.250. The summed E-state index contributed by atoms with van der Waals surface area (Å²) in [7, 11) is 1.61. The van der Waals surface area contributed by atoms with E-state index in [0.717, 1.165) is 41.7 Å². The number of carbonyl (C=O) groups is 1. The second kappa shape index (κ2) is 9.51. The van der Waals surface area contributed by atoms with Crippen molar-refractivity contribution in [3.8, 4) is 11.4 Å². The van der Waals surface area contributed by atoms with E-state index in [4.69, 9.17) is 4.74 Å². The Balaban J connectivity index is 1.40. The molecule has 0 radical (unpaired) electrons. The van der Waals surface area contributed by atoms with Gasteiger partial charge in [-0.3, -0.25) is 14.2 Å². The zero-order valence-corrected chi connectivity index (χ0v) is 19.2. The number of benzene rings is 3. The number of nitrogens with zero attached hydrogens (tertiary/aromatic N) is 2. The molecular weight excluding hydrogens is 426 g/mol. The first-order valence-corrected chi connectivity index (χ1v) is 11.7. The molecule has 3 aromatic carbocycles. The fourth-order valence-electron chi connectivity index (χ4n) is 4.73. The van der Waals surface area contributed by atoms with Crippen LogP contribution in [-0.2, 0) is 17.6 Å². The molecule has 1 N–H and O–H groups in total. The number of methoxy groups -OCH3 is 1. The zero-order valence-electron chi connectivity index (χ0n) is 19.2. The van der Waals surface area contributed by atoms with Gasteiger partial charge in [0.05, 0.1) is 24.2 Å². The Morgan fingerprint density at radius 1 is 1.06 bits per heavy atom. The van der Waals surface area contributed by atoms with Crippen molar-refractivity contribution in [3.63, 3.8) is 0 Å². The Morgan fingerprint density at radius 3 is 2.65 bits per heavy atom. The van der Waals surface area contributed by atoms with Crippen LogP contribution in [0.1, 0.15) is 42.1 Å². The molecule has 1 heterocycles. The number of aryl methyl sites for hydroxylation is 2. The quantitative estimate of drug-likeness (QED) is 0.466. The average Bonchev–Trinajstić information content (AvgIpc) is 2.88. The molecule has 1 aliphatic rings. The van der Waals surface area contributed by atoms with Crippen molar-refractivity contribution in [2.75, 3.05) is 7.11 Å². The summed E-state index contributed by atoms with van der Waals surface area (Å²) in [6.07, 6.45) is 3.53. The van der Waals surface area contributed by atoms with E-state index in [0.29, 0.717) is 5.69 Å². The van der Waals surface area contributed by atoms with Gasteiger partial charge in [0, 0.05) is 18.5 Å². The summed E-state index contributed by atoms with van der Waals surface area (Å²) in [5, 5.41) is 3.17. The molecule has 1 aliphatic carbocycles. The lowest BCUT2D eigenvalue weighted by Crippen LogP contribution is -2.32. The normalized spacial score (nSPS) is 15.0. The number of aromatic nitrogens is 2. The van der Waals surface area contributed by atoms with Gasteiger partial charge in [0.2, 0.25) is 5.91 Å². The third-order valence-electron chi connectivity index (χ3n) is 6.45. The Bertz CT molecular complexity index is 1390. The third-order valence-corrected chi connectivity index (χ3v) is 6.45. The summed E-state index contributed by atoms with van der Waals surface area (Å²) in [6, 6.07) is 23.2. The molecule has 1 atom stereocenters. The Labute approximate surface area is 198 Å². The van der Waals surface area contributed by atoms with E-state index < -0.39 is 0 Å². The van der Waals surface area contributed by atoms with Gasteiger partial charge >= 0.3 is 0 Å². The molecule has 1 aromatic heterocycles. The highest BCUT2D eigenvalue weighted by atomic mass is 16.5. The van der Waals surface area contributed by atoms with E-state index >= 15 is 0 Å². The lowest BCUT2D eigenvalue weighted by atomic mass is 9.87. The third kappa shape index (κ3) is 4.31. The van der Waals surface area contributed by atoms with Crippen LogP contribution in [0.3, 0.4) is 0 Å². The van der Waals surface area contributed by atoms with Crippen molar-refractivity contribution in [1.29, 1.82) is 0 Å². The van der Waals surface area contributed by atoms with E-state index in [9.17, 15) is 9.59 Å².